The maximum atomic E-state index is 13.3. The Hall–Kier alpha value is -2.89. The number of ether oxygens (including phenoxy) is 1. The molecule has 6 heteroatoms. The van der Waals surface area contributed by atoms with Gasteiger partial charge in [-0.25, -0.2) is 9.59 Å². The summed E-state index contributed by atoms with van der Waals surface area (Å²) < 4.78 is 6.18. The van der Waals surface area contributed by atoms with Gasteiger partial charge < -0.3 is 14.9 Å². The molecule has 0 amide bonds. The molecule has 1 aromatic rings. The second kappa shape index (κ2) is 9.80. The summed E-state index contributed by atoms with van der Waals surface area (Å²) in [4.78, 5) is 37.5. The highest BCUT2D eigenvalue weighted by Crippen LogP contribution is 2.74. The van der Waals surface area contributed by atoms with Crippen molar-refractivity contribution in [1.29, 1.82) is 0 Å². The molecule has 3 saturated carbocycles. The van der Waals surface area contributed by atoms with Crippen LogP contribution < -0.4 is 0 Å². The standard InChI is InChI=1S/C38H50O6/c1-33(2)27-14-17-38(7)28(36(27,5)16-15-29(33)44-31(41)24-11-9-8-10-23(24)30(39)40)13-12-25-26-22-35(4,32(42)43)19-18-34(26,3)20-21-37(25,38)6/h8-13,27-29H,14-22H2,1-7H3,(H,39,40)(H,42,43)/t27?,28?,29-,34-,35?,36-,37+,38+/m0/s1. The summed E-state index contributed by atoms with van der Waals surface area (Å²) in [6.07, 6.45) is 12.9. The average molecular weight is 603 g/mol. The molecule has 44 heavy (non-hydrogen) atoms. The fourth-order valence-corrected chi connectivity index (χ4v) is 11.1. The largest absolute Gasteiger partial charge is 0.481 e. The van der Waals surface area contributed by atoms with Gasteiger partial charge in [0.1, 0.15) is 6.10 Å². The third-order valence-corrected chi connectivity index (χ3v) is 14.3. The van der Waals surface area contributed by atoms with E-state index in [0.29, 0.717) is 18.3 Å². The minimum Gasteiger partial charge on any atom is -0.481 e. The van der Waals surface area contributed by atoms with Crippen molar-refractivity contribution in [3.63, 3.8) is 0 Å². The van der Waals surface area contributed by atoms with Crippen molar-refractivity contribution in [3.05, 3.63) is 58.7 Å². The molecule has 3 unspecified atom stereocenters. The van der Waals surface area contributed by atoms with E-state index in [4.69, 9.17) is 4.74 Å². The number of hydrogen-bond acceptors (Lipinski definition) is 4. The number of carboxylic acid groups (broad SMARTS) is 2. The molecule has 0 radical (unpaired) electrons. The highest BCUT2D eigenvalue weighted by atomic mass is 16.5. The van der Waals surface area contributed by atoms with E-state index < -0.39 is 23.3 Å². The van der Waals surface area contributed by atoms with Crippen LogP contribution in [0.1, 0.15) is 127 Å². The summed E-state index contributed by atoms with van der Waals surface area (Å²) in [5.74, 6) is -1.68. The number of esters is 1. The number of rotatable bonds is 4. The lowest BCUT2D eigenvalue weighted by atomic mass is 9.35. The van der Waals surface area contributed by atoms with Crippen LogP contribution in [0.5, 0.6) is 0 Å². The fraction of sp³-hybridized carbons (Fsp3) is 0.658. The molecule has 0 aromatic heterocycles. The zero-order valence-corrected chi connectivity index (χ0v) is 27.6. The highest BCUT2D eigenvalue weighted by molar-refractivity contribution is 6.02. The van der Waals surface area contributed by atoms with E-state index in [1.807, 2.05) is 6.92 Å². The maximum Gasteiger partial charge on any atom is 0.339 e. The summed E-state index contributed by atoms with van der Waals surface area (Å²) in [5, 5.41) is 19.8. The number of benzene rings is 1. The lowest BCUT2D eigenvalue weighted by molar-refractivity contribution is -0.183. The summed E-state index contributed by atoms with van der Waals surface area (Å²) >= 11 is 0. The molecule has 5 aliphatic carbocycles. The molecule has 2 N–H and O–H groups in total. The number of aliphatic carboxylic acids is 1. The molecule has 6 rings (SSSR count). The number of hydrogen-bond donors (Lipinski definition) is 2. The molecule has 0 spiro atoms. The minimum atomic E-state index is -1.13. The molecule has 0 saturated heterocycles. The van der Waals surface area contributed by atoms with Crippen molar-refractivity contribution < 1.29 is 29.3 Å². The second-order valence-corrected chi connectivity index (χ2v) is 16.8. The summed E-state index contributed by atoms with van der Waals surface area (Å²) in [5.41, 5.74) is 1.98. The Morgan fingerprint density at radius 2 is 1.48 bits per heavy atom. The van der Waals surface area contributed by atoms with Crippen molar-refractivity contribution in [3.8, 4) is 0 Å². The van der Waals surface area contributed by atoms with Crippen LogP contribution in [0.3, 0.4) is 0 Å². The predicted molar refractivity (Wildman–Crippen MR) is 169 cm³/mol. The van der Waals surface area contributed by atoms with Crippen molar-refractivity contribution in [2.75, 3.05) is 0 Å². The van der Waals surface area contributed by atoms with Gasteiger partial charge in [-0.1, -0.05) is 71.4 Å². The van der Waals surface area contributed by atoms with Crippen LogP contribution >= 0.6 is 0 Å². The van der Waals surface area contributed by atoms with Crippen LogP contribution in [0.15, 0.2) is 47.6 Å². The van der Waals surface area contributed by atoms with E-state index in [9.17, 15) is 24.6 Å². The Balaban J connectivity index is 1.34. The van der Waals surface area contributed by atoms with Crippen molar-refractivity contribution in [1.82, 2.24) is 0 Å². The van der Waals surface area contributed by atoms with Gasteiger partial charge in [0.15, 0.2) is 0 Å². The molecule has 1 aromatic carbocycles. The normalized spacial score (nSPS) is 42.3. The quantitative estimate of drug-likeness (QED) is 0.334. The van der Waals surface area contributed by atoms with Gasteiger partial charge in [-0.2, -0.15) is 0 Å². The Bertz CT molecular complexity index is 1490. The van der Waals surface area contributed by atoms with E-state index in [2.05, 4.69) is 53.7 Å². The Morgan fingerprint density at radius 1 is 0.818 bits per heavy atom. The molecule has 0 aliphatic heterocycles. The van der Waals surface area contributed by atoms with E-state index in [1.54, 1.807) is 12.1 Å². The predicted octanol–water partition coefficient (Wildman–Crippen LogP) is 8.72. The van der Waals surface area contributed by atoms with E-state index in [0.717, 1.165) is 51.4 Å². The summed E-state index contributed by atoms with van der Waals surface area (Å²) in [7, 11) is 0. The lowest BCUT2D eigenvalue weighted by Gasteiger charge is -2.69. The molecule has 0 bridgehead atoms. The van der Waals surface area contributed by atoms with Crippen LogP contribution in [-0.4, -0.2) is 34.2 Å². The topological polar surface area (TPSA) is 101 Å². The van der Waals surface area contributed by atoms with Crippen LogP contribution in [-0.2, 0) is 9.53 Å². The molecular weight excluding hydrogens is 552 g/mol. The van der Waals surface area contributed by atoms with Crippen molar-refractivity contribution >= 4 is 17.9 Å². The SMILES string of the molecule is CC1(C(=O)O)CC[C@@]2(C)CC[C@]3(C)C(=C2C1)C=CC1[C@@]2(C)CC[C@H](OC(=O)c4ccccc4C(=O)O)C(C)(C)C2CC[C@]13C. The van der Waals surface area contributed by atoms with E-state index in [-0.39, 0.29) is 44.3 Å². The molecule has 8 atom stereocenters. The first-order valence-corrected chi connectivity index (χ1v) is 16.6. The lowest BCUT2D eigenvalue weighted by Crippen LogP contribution is -2.63. The van der Waals surface area contributed by atoms with Gasteiger partial charge in [0, 0.05) is 5.41 Å². The zero-order chi connectivity index (χ0) is 32.1. The molecule has 6 nitrogen and oxygen atoms in total. The number of carbonyl (C=O) groups excluding carboxylic acids is 1. The third-order valence-electron chi connectivity index (χ3n) is 14.3. The molecule has 0 heterocycles. The highest BCUT2D eigenvalue weighted by Gasteiger charge is 2.67. The number of carbonyl (C=O) groups is 3. The van der Waals surface area contributed by atoms with E-state index >= 15 is 0 Å². The molecule has 3 fully saturated rings. The Morgan fingerprint density at radius 3 is 2.14 bits per heavy atom. The van der Waals surface area contributed by atoms with Gasteiger partial charge in [0.2, 0.25) is 0 Å². The molecule has 5 aliphatic rings. The first-order chi connectivity index (χ1) is 20.4. The molecular formula is C38H50O6. The minimum absolute atomic E-state index is 0.0109. The Labute approximate surface area is 262 Å². The maximum absolute atomic E-state index is 13.3. The van der Waals surface area contributed by atoms with Crippen molar-refractivity contribution in [2.45, 2.75) is 112 Å². The van der Waals surface area contributed by atoms with Crippen molar-refractivity contribution in [2.24, 2.45) is 44.3 Å². The zero-order valence-electron chi connectivity index (χ0n) is 27.6. The van der Waals surface area contributed by atoms with Gasteiger partial charge in [-0.15, -0.1) is 0 Å². The molecule has 238 valence electrons. The Kier molecular flexibility index (Phi) is 6.93. The number of fused-ring (bicyclic) bond motifs is 6. The van der Waals surface area contributed by atoms with Crippen LogP contribution in [0.25, 0.3) is 0 Å². The smallest absolute Gasteiger partial charge is 0.339 e. The third kappa shape index (κ3) is 4.14. The average Bonchev–Trinajstić information content (AvgIpc) is 2.95. The van der Waals surface area contributed by atoms with Crippen LogP contribution in [0.2, 0.25) is 0 Å². The van der Waals surface area contributed by atoms with Crippen LogP contribution in [0, 0.1) is 44.3 Å². The first-order valence-electron chi connectivity index (χ1n) is 16.6. The fourth-order valence-electron chi connectivity index (χ4n) is 11.1. The number of aromatic carboxylic acids is 1. The monoisotopic (exact) mass is 602 g/mol. The van der Waals surface area contributed by atoms with E-state index in [1.165, 1.54) is 23.3 Å². The van der Waals surface area contributed by atoms with Gasteiger partial charge >= 0.3 is 17.9 Å². The second-order valence-electron chi connectivity index (χ2n) is 16.8. The number of allylic oxidation sites excluding steroid dienone is 4. The summed E-state index contributed by atoms with van der Waals surface area (Å²) in [6, 6.07) is 6.29. The van der Waals surface area contributed by atoms with Gasteiger partial charge in [0.05, 0.1) is 16.5 Å². The van der Waals surface area contributed by atoms with Gasteiger partial charge in [-0.05, 0) is 116 Å². The summed E-state index contributed by atoms with van der Waals surface area (Å²) in [6.45, 7) is 16.2. The van der Waals surface area contributed by atoms with Gasteiger partial charge in [-0.3, -0.25) is 4.79 Å². The number of carboxylic acids is 2. The first kappa shape index (κ1) is 31.1. The van der Waals surface area contributed by atoms with Gasteiger partial charge in [0.25, 0.3) is 0 Å². The van der Waals surface area contributed by atoms with Crippen LogP contribution in [0.4, 0.5) is 0 Å².